The summed E-state index contributed by atoms with van der Waals surface area (Å²) in [6.07, 6.45) is 0. The third-order valence-corrected chi connectivity index (χ3v) is 3.76. The summed E-state index contributed by atoms with van der Waals surface area (Å²) in [5, 5.41) is 8.66. The van der Waals surface area contributed by atoms with Crippen LogP contribution in [0.5, 0.6) is 0 Å². The highest BCUT2D eigenvalue weighted by molar-refractivity contribution is 5.59. The molecule has 118 valence electrons. The van der Waals surface area contributed by atoms with Crippen molar-refractivity contribution in [1.82, 2.24) is 19.4 Å². The summed E-state index contributed by atoms with van der Waals surface area (Å²) in [7, 11) is 0. The first-order chi connectivity index (χ1) is 11.7. The van der Waals surface area contributed by atoms with E-state index in [9.17, 15) is 9.18 Å². The van der Waals surface area contributed by atoms with Gasteiger partial charge in [0.2, 0.25) is 0 Å². The number of aromatic nitrogens is 4. The van der Waals surface area contributed by atoms with E-state index < -0.39 is 0 Å². The van der Waals surface area contributed by atoms with Crippen LogP contribution in [0.4, 0.5) is 4.39 Å². The van der Waals surface area contributed by atoms with Crippen LogP contribution >= 0.6 is 0 Å². The second kappa shape index (κ2) is 5.73. The number of halogens is 1. The summed E-state index contributed by atoms with van der Waals surface area (Å²) in [6, 6.07) is 19.2. The van der Waals surface area contributed by atoms with E-state index in [1.165, 1.54) is 21.3 Å². The lowest BCUT2D eigenvalue weighted by atomic mass is 10.1. The van der Waals surface area contributed by atoms with Gasteiger partial charge in [-0.2, -0.15) is 9.61 Å². The standard InChI is InChI=1S/C18H13FN4O/c19-15-8-6-13(7-9-15)12-22-18(24)23-17(21-22)11-10-16(20-23)14-4-2-1-3-5-14/h1-11H,12H2. The zero-order valence-electron chi connectivity index (χ0n) is 12.6. The van der Waals surface area contributed by atoms with Crippen LogP contribution in [0.1, 0.15) is 5.56 Å². The summed E-state index contributed by atoms with van der Waals surface area (Å²) in [5.41, 5.74) is 2.57. The maximum Gasteiger partial charge on any atom is 0.367 e. The Labute approximate surface area is 136 Å². The largest absolute Gasteiger partial charge is 0.367 e. The molecule has 0 saturated heterocycles. The van der Waals surface area contributed by atoms with E-state index in [0.29, 0.717) is 11.3 Å². The van der Waals surface area contributed by atoms with E-state index in [2.05, 4.69) is 10.2 Å². The van der Waals surface area contributed by atoms with Crippen LogP contribution in [-0.4, -0.2) is 19.4 Å². The minimum Gasteiger partial charge on any atom is -0.244 e. The van der Waals surface area contributed by atoms with Gasteiger partial charge in [0, 0.05) is 5.56 Å². The van der Waals surface area contributed by atoms with Crippen molar-refractivity contribution in [2.45, 2.75) is 6.54 Å². The topological polar surface area (TPSA) is 52.2 Å². The molecular formula is C18H13FN4O. The number of fused-ring (bicyclic) bond motifs is 1. The molecule has 6 heteroatoms. The van der Waals surface area contributed by atoms with E-state index in [1.807, 2.05) is 36.4 Å². The van der Waals surface area contributed by atoms with E-state index in [1.54, 1.807) is 18.2 Å². The van der Waals surface area contributed by atoms with Crippen molar-refractivity contribution in [3.63, 3.8) is 0 Å². The Morgan fingerprint density at radius 1 is 0.875 bits per heavy atom. The maximum absolute atomic E-state index is 13.0. The molecule has 0 saturated carbocycles. The van der Waals surface area contributed by atoms with Crippen molar-refractivity contribution < 1.29 is 4.39 Å². The van der Waals surface area contributed by atoms with E-state index >= 15 is 0 Å². The lowest BCUT2D eigenvalue weighted by molar-refractivity contribution is 0.621. The van der Waals surface area contributed by atoms with Crippen LogP contribution < -0.4 is 5.69 Å². The van der Waals surface area contributed by atoms with Crippen LogP contribution in [0.2, 0.25) is 0 Å². The molecule has 0 bridgehead atoms. The van der Waals surface area contributed by atoms with E-state index in [-0.39, 0.29) is 18.1 Å². The molecule has 4 aromatic rings. The van der Waals surface area contributed by atoms with Gasteiger partial charge in [0.25, 0.3) is 0 Å². The van der Waals surface area contributed by atoms with E-state index in [0.717, 1.165) is 11.1 Å². The van der Waals surface area contributed by atoms with Crippen LogP contribution in [0.3, 0.4) is 0 Å². The first-order valence-corrected chi connectivity index (χ1v) is 7.47. The summed E-state index contributed by atoms with van der Waals surface area (Å²) in [4.78, 5) is 12.5. The smallest absolute Gasteiger partial charge is 0.244 e. The summed E-state index contributed by atoms with van der Waals surface area (Å²) < 4.78 is 15.6. The predicted octanol–water partition coefficient (Wildman–Crippen LogP) is 2.75. The minimum absolute atomic E-state index is 0.267. The second-order valence-electron chi connectivity index (χ2n) is 5.42. The number of nitrogens with zero attached hydrogens (tertiary/aromatic N) is 4. The SMILES string of the molecule is O=c1n(Cc2ccc(F)cc2)nc2ccc(-c3ccccc3)nn12. The van der Waals surface area contributed by atoms with Gasteiger partial charge in [0.05, 0.1) is 12.2 Å². The van der Waals surface area contributed by atoms with Gasteiger partial charge < -0.3 is 0 Å². The van der Waals surface area contributed by atoms with Gasteiger partial charge in [-0.15, -0.1) is 5.10 Å². The molecule has 2 aromatic heterocycles. The Morgan fingerprint density at radius 3 is 2.38 bits per heavy atom. The van der Waals surface area contributed by atoms with Crippen LogP contribution in [0.15, 0.2) is 71.5 Å². The molecule has 0 fully saturated rings. The number of rotatable bonds is 3. The first-order valence-electron chi connectivity index (χ1n) is 7.47. The number of hydrogen-bond acceptors (Lipinski definition) is 3. The molecule has 0 aliphatic carbocycles. The highest BCUT2D eigenvalue weighted by Gasteiger charge is 2.10. The Hall–Kier alpha value is -3.28. The molecule has 0 aliphatic rings. The summed E-state index contributed by atoms with van der Waals surface area (Å²) in [6.45, 7) is 0.267. The predicted molar refractivity (Wildman–Crippen MR) is 88.2 cm³/mol. The lowest BCUT2D eigenvalue weighted by Crippen LogP contribution is -2.23. The minimum atomic E-state index is -0.327. The van der Waals surface area contributed by atoms with Gasteiger partial charge in [-0.3, -0.25) is 0 Å². The van der Waals surface area contributed by atoms with E-state index in [4.69, 9.17) is 0 Å². The second-order valence-corrected chi connectivity index (χ2v) is 5.42. The van der Waals surface area contributed by atoms with Crippen LogP contribution in [-0.2, 0) is 6.54 Å². The van der Waals surface area contributed by atoms with Gasteiger partial charge in [0.1, 0.15) is 5.82 Å². The monoisotopic (exact) mass is 320 g/mol. The Balaban J connectivity index is 1.75. The zero-order valence-corrected chi connectivity index (χ0v) is 12.6. The molecule has 0 spiro atoms. The van der Waals surface area contributed by atoms with Crippen molar-refractivity contribution >= 4 is 5.65 Å². The molecular weight excluding hydrogens is 307 g/mol. The Bertz CT molecular complexity index is 1050. The third kappa shape index (κ3) is 2.58. The molecule has 0 radical (unpaired) electrons. The lowest BCUT2D eigenvalue weighted by Gasteiger charge is -1.99. The number of benzene rings is 2. The van der Waals surface area contributed by atoms with Crippen molar-refractivity contribution in [3.05, 3.63) is 88.6 Å². The highest BCUT2D eigenvalue weighted by Crippen LogP contribution is 2.15. The summed E-state index contributed by atoms with van der Waals surface area (Å²) in [5.74, 6) is -0.310. The fourth-order valence-electron chi connectivity index (χ4n) is 2.54. The molecule has 4 rings (SSSR count). The van der Waals surface area contributed by atoms with Crippen molar-refractivity contribution in [2.75, 3.05) is 0 Å². The molecule has 2 heterocycles. The average molecular weight is 320 g/mol. The van der Waals surface area contributed by atoms with Gasteiger partial charge in [-0.05, 0) is 29.8 Å². The third-order valence-electron chi connectivity index (χ3n) is 3.76. The van der Waals surface area contributed by atoms with Crippen LogP contribution in [0, 0.1) is 5.82 Å². The summed E-state index contributed by atoms with van der Waals surface area (Å²) >= 11 is 0. The Kier molecular flexibility index (Phi) is 3.42. The number of hydrogen-bond donors (Lipinski definition) is 0. The van der Waals surface area contributed by atoms with Crippen molar-refractivity contribution in [1.29, 1.82) is 0 Å². The average Bonchev–Trinajstić information content (AvgIpc) is 2.93. The van der Waals surface area contributed by atoms with Gasteiger partial charge in [0.15, 0.2) is 5.65 Å². The molecule has 5 nitrogen and oxygen atoms in total. The van der Waals surface area contributed by atoms with Crippen molar-refractivity contribution in [3.8, 4) is 11.3 Å². The quantitative estimate of drug-likeness (QED) is 0.583. The molecule has 24 heavy (non-hydrogen) atoms. The zero-order chi connectivity index (χ0) is 16.5. The van der Waals surface area contributed by atoms with Crippen molar-refractivity contribution in [2.24, 2.45) is 0 Å². The maximum atomic E-state index is 13.0. The highest BCUT2D eigenvalue weighted by atomic mass is 19.1. The van der Waals surface area contributed by atoms with Gasteiger partial charge in [-0.25, -0.2) is 13.9 Å². The fraction of sp³-hybridized carbons (Fsp3) is 0.0556. The first kappa shape index (κ1) is 14.3. The normalized spacial score (nSPS) is 11.0. The molecule has 0 unspecified atom stereocenters. The molecule has 2 aromatic carbocycles. The molecule has 0 aliphatic heterocycles. The van der Waals surface area contributed by atoms with Crippen LogP contribution in [0.25, 0.3) is 16.9 Å². The molecule has 0 amide bonds. The van der Waals surface area contributed by atoms with Gasteiger partial charge >= 0.3 is 5.69 Å². The van der Waals surface area contributed by atoms with Gasteiger partial charge in [-0.1, -0.05) is 42.5 Å². The fourth-order valence-corrected chi connectivity index (χ4v) is 2.54. The molecule has 0 N–H and O–H groups in total. The molecule has 0 atom stereocenters. The Morgan fingerprint density at radius 2 is 1.62 bits per heavy atom.